The summed E-state index contributed by atoms with van der Waals surface area (Å²) in [7, 11) is 0. The molecule has 0 aliphatic carbocycles. The minimum atomic E-state index is -4.79. The number of rotatable bonds is 3. The molecule has 2 aromatic rings. The van der Waals surface area contributed by atoms with Gasteiger partial charge in [0.05, 0.1) is 28.4 Å². The van der Waals surface area contributed by atoms with Gasteiger partial charge in [0.1, 0.15) is 6.04 Å². The molecule has 2 heterocycles. The Hall–Kier alpha value is -3.32. The van der Waals surface area contributed by atoms with Crippen LogP contribution in [0.2, 0.25) is 5.02 Å². The maximum atomic E-state index is 13.3. The van der Waals surface area contributed by atoms with Crippen molar-refractivity contribution < 1.29 is 22.8 Å². The third-order valence-electron chi connectivity index (χ3n) is 4.83. The van der Waals surface area contributed by atoms with Crippen molar-refractivity contribution in [2.45, 2.75) is 25.2 Å². The number of hydrogen-bond acceptors (Lipinski definition) is 4. The summed E-state index contributed by atoms with van der Waals surface area (Å²) in [6.07, 6.45) is -4.79. The summed E-state index contributed by atoms with van der Waals surface area (Å²) in [5.74, 6) is -0.333. The fourth-order valence-electron chi connectivity index (χ4n) is 3.16. The average molecular weight is 452 g/mol. The SMILES string of the molecule is CC1C(=O)NCCN1C(=O)N[C@H](c1ccc(C#N)cc1)c1ccc(Cl)c(C(F)(F)F)n1. The number of urea groups is 1. The first-order chi connectivity index (χ1) is 14.6. The Bertz CT molecular complexity index is 1040. The van der Waals surface area contributed by atoms with E-state index in [1.165, 1.54) is 35.2 Å². The lowest BCUT2D eigenvalue weighted by Gasteiger charge is -2.34. The van der Waals surface area contributed by atoms with Gasteiger partial charge in [-0.15, -0.1) is 0 Å². The second-order valence-corrected chi connectivity index (χ2v) is 7.25. The molecule has 1 aromatic heterocycles. The van der Waals surface area contributed by atoms with Gasteiger partial charge < -0.3 is 15.5 Å². The predicted molar refractivity (Wildman–Crippen MR) is 105 cm³/mol. The van der Waals surface area contributed by atoms with E-state index in [1.54, 1.807) is 6.92 Å². The lowest BCUT2D eigenvalue weighted by molar-refractivity contribution is -0.141. The summed E-state index contributed by atoms with van der Waals surface area (Å²) in [6, 6.07) is 7.82. The maximum absolute atomic E-state index is 13.3. The Morgan fingerprint density at radius 3 is 2.61 bits per heavy atom. The first-order valence-corrected chi connectivity index (χ1v) is 9.58. The van der Waals surface area contributed by atoms with Crippen molar-refractivity contribution in [2.24, 2.45) is 0 Å². The van der Waals surface area contributed by atoms with Crippen LogP contribution in [0.3, 0.4) is 0 Å². The number of halogens is 4. The molecule has 2 N–H and O–H groups in total. The fraction of sp³-hybridized carbons (Fsp3) is 0.300. The number of nitrogens with zero attached hydrogens (tertiary/aromatic N) is 3. The third-order valence-corrected chi connectivity index (χ3v) is 5.14. The molecule has 1 aromatic carbocycles. The van der Waals surface area contributed by atoms with Crippen molar-refractivity contribution in [3.8, 4) is 6.07 Å². The molecule has 1 aliphatic heterocycles. The van der Waals surface area contributed by atoms with Crippen molar-refractivity contribution in [1.82, 2.24) is 20.5 Å². The van der Waals surface area contributed by atoms with Gasteiger partial charge in [0.15, 0.2) is 5.69 Å². The van der Waals surface area contributed by atoms with Crippen LogP contribution in [0.15, 0.2) is 36.4 Å². The quantitative estimate of drug-likeness (QED) is 0.748. The van der Waals surface area contributed by atoms with E-state index in [0.29, 0.717) is 11.1 Å². The molecular formula is C20H17ClF3N5O2. The molecule has 1 saturated heterocycles. The Balaban J connectivity index is 2.00. The van der Waals surface area contributed by atoms with Crippen LogP contribution >= 0.6 is 11.6 Å². The zero-order valence-electron chi connectivity index (χ0n) is 16.2. The van der Waals surface area contributed by atoms with Crippen LogP contribution in [0.4, 0.5) is 18.0 Å². The van der Waals surface area contributed by atoms with E-state index in [-0.39, 0.29) is 24.7 Å². The molecule has 1 unspecified atom stereocenters. The molecule has 0 radical (unpaired) electrons. The predicted octanol–water partition coefficient (Wildman–Crippen LogP) is 3.24. The van der Waals surface area contributed by atoms with E-state index in [4.69, 9.17) is 16.9 Å². The van der Waals surface area contributed by atoms with Gasteiger partial charge in [0.25, 0.3) is 0 Å². The van der Waals surface area contributed by atoms with E-state index in [9.17, 15) is 22.8 Å². The maximum Gasteiger partial charge on any atom is 0.434 e. The van der Waals surface area contributed by atoms with E-state index in [1.807, 2.05) is 6.07 Å². The molecule has 162 valence electrons. The van der Waals surface area contributed by atoms with Crippen molar-refractivity contribution in [1.29, 1.82) is 5.26 Å². The second kappa shape index (κ2) is 8.81. The van der Waals surface area contributed by atoms with Crippen molar-refractivity contribution in [2.75, 3.05) is 13.1 Å². The minimum Gasteiger partial charge on any atom is -0.353 e. The summed E-state index contributed by atoms with van der Waals surface area (Å²) in [4.78, 5) is 29.7. The number of piperazine rings is 1. The Kier molecular flexibility index (Phi) is 6.36. The summed E-state index contributed by atoms with van der Waals surface area (Å²) >= 11 is 5.68. The van der Waals surface area contributed by atoms with Gasteiger partial charge in [-0.3, -0.25) is 4.79 Å². The topological polar surface area (TPSA) is 98.1 Å². The number of nitrogens with one attached hydrogen (secondary N) is 2. The van der Waals surface area contributed by atoms with Crippen molar-refractivity contribution >= 4 is 23.5 Å². The van der Waals surface area contributed by atoms with Gasteiger partial charge in [-0.05, 0) is 36.8 Å². The number of carbonyl (C=O) groups is 2. The molecule has 0 saturated carbocycles. The normalized spacial score (nSPS) is 17.5. The summed E-state index contributed by atoms with van der Waals surface area (Å²) in [6.45, 7) is 2.04. The Morgan fingerprint density at radius 2 is 2.00 bits per heavy atom. The Labute approximate surface area is 180 Å². The smallest absolute Gasteiger partial charge is 0.353 e. The third kappa shape index (κ3) is 4.88. The van der Waals surface area contributed by atoms with Gasteiger partial charge in [0, 0.05) is 13.1 Å². The van der Waals surface area contributed by atoms with Crippen LogP contribution in [0.5, 0.6) is 0 Å². The molecule has 1 fully saturated rings. The minimum absolute atomic E-state index is 0.0936. The van der Waals surface area contributed by atoms with Gasteiger partial charge in [-0.2, -0.15) is 18.4 Å². The van der Waals surface area contributed by atoms with E-state index in [0.717, 1.165) is 6.07 Å². The molecular weight excluding hydrogens is 435 g/mol. The van der Waals surface area contributed by atoms with Gasteiger partial charge in [0.2, 0.25) is 5.91 Å². The zero-order chi connectivity index (χ0) is 22.8. The number of amides is 3. The van der Waals surface area contributed by atoms with E-state index >= 15 is 0 Å². The summed E-state index contributed by atoms with van der Waals surface area (Å²) in [5.41, 5.74) is -0.617. The number of hydrogen-bond donors (Lipinski definition) is 2. The molecule has 1 aliphatic rings. The second-order valence-electron chi connectivity index (χ2n) is 6.84. The monoisotopic (exact) mass is 451 g/mol. The van der Waals surface area contributed by atoms with Crippen LogP contribution in [0.1, 0.15) is 35.5 Å². The van der Waals surface area contributed by atoms with Gasteiger partial charge in [-0.25, -0.2) is 9.78 Å². The van der Waals surface area contributed by atoms with Gasteiger partial charge in [-0.1, -0.05) is 23.7 Å². The molecule has 3 amide bonds. The molecule has 7 nitrogen and oxygen atoms in total. The molecule has 31 heavy (non-hydrogen) atoms. The van der Waals surface area contributed by atoms with Crippen LogP contribution in [0, 0.1) is 11.3 Å². The lowest BCUT2D eigenvalue weighted by Crippen LogP contribution is -2.58. The highest BCUT2D eigenvalue weighted by atomic mass is 35.5. The average Bonchev–Trinajstić information content (AvgIpc) is 2.73. The number of nitriles is 1. The summed E-state index contributed by atoms with van der Waals surface area (Å²) < 4.78 is 40.0. The van der Waals surface area contributed by atoms with Crippen LogP contribution < -0.4 is 10.6 Å². The highest BCUT2D eigenvalue weighted by Crippen LogP contribution is 2.34. The molecule has 2 atom stereocenters. The van der Waals surface area contributed by atoms with Gasteiger partial charge >= 0.3 is 12.2 Å². The van der Waals surface area contributed by atoms with Crippen molar-refractivity contribution in [3.05, 3.63) is 63.9 Å². The fourth-order valence-corrected chi connectivity index (χ4v) is 3.37. The lowest BCUT2D eigenvalue weighted by atomic mass is 10.0. The molecule has 3 rings (SSSR count). The molecule has 0 bridgehead atoms. The van der Waals surface area contributed by atoms with Crippen LogP contribution in [-0.4, -0.2) is 41.0 Å². The van der Waals surface area contributed by atoms with Crippen LogP contribution in [0.25, 0.3) is 0 Å². The zero-order valence-corrected chi connectivity index (χ0v) is 17.0. The Morgan fingerprint density at radius 1 is 1.32 bits per heavy atom. The summed E-state index contributed by atoms with van der Waals surface area (Å²) in [5, 5.41) is 13.7. The highest BCUT2D eigenvalue weighted by Gasteiger charge is 2.37. The standard InChI is InChI=1S/C20H17ClF3N5O2/c1-11-18(30)26-8-9-29(11)19(31)28-16(13-4-2-12(10-25)3-5-13)15-7-6-14(21)17(27-15)20(22,23)24/h2-7,11,16H,8-9H2,1H3,(H,26,30)(H,28,31)/t11?,16-/m1/s1. The molecule has 0 spiro atoms. The largest absolute Gasteiger partial charge is 0.434 e. The highest BCUT2D eigenvalue weighted by molar-refractivity contribution is 6.31. The number of aromatic nitrogens is 1. The number of carbonyl (C=O) groups excluding carboxylic acids is 2. The number of alkyl halides is 3. The van der Waals surface area contributed by atoms with E-state index < -0.39 is 35.0 Å². The first kappa shape index (κ1) is 22.4. The van der Waals surface area contributed by atoms with Crippen LogP contribution in [-0.2, 0) is 11.0 Å². The van der Waals surface area contributed by atoms with E-state index in [2.05, 4.69) is 15.6 Å². The molecule has 11 heteroatoms. The van der Waals surface area contributed by atoms with Crippen molar-refractivity contribution in [3.63, 3.8) is 0 Å². The number of pyridine rings is 1. The number of benzene rings is 1. The first-order valence-electron chi connectivity index (χ1n) is 9.20.